The summed E-state index contributed by atoms with van der Waals surface area (Å²) >= 11 is 0. The fourth-order valence-corrected chi connectivity index (χ4v) is 5.91. The third-order valence-electron chi connectivity index (χ3n) is 4.36. The zero-order valence-electron chi connectivity index (χ0n) is 15.9. The van der Waals surface area contributed by atoms with Crippen LogP contribution in [0.5, 0.6) is 0 Å². The van der Waals surface area contributed by atoms with Crippen LogP contribution in [0.4, 0.5) is 0 Å². The molecule has 2 aromatic rings. The van der Waals surface area contributed by atoms with Crippen molar-refractivity contribution >= 4 is 25.6 Å². The van der Waals surface area contributed by atoms with Crippen molar-refractivity contribution in [1.29, 1.82) is 0 Å². The van der Waals surface area contributed by atoms with Gasteiger partial charge < -0.3 is 4.74 Å². The summed E-state index contributed by atoms with van der Waals surface area (Å²) in [6.45, 7) is 3.45. The Morgan fingerprint density at radius 1 is 0.966 bits per heavy atom. The zero-order valence-corrected chi connectivity index (χ0v) is 17.6. The number of carbonyl (C=O) groups is 1. The highest BCUT2D eigenvalue weighted by Gasteiger charge is 2.34. The molecule has 0 radical (unpaired) electrons. The zero-order chi connectivity index (χ0) is 21.5. The first-order valence-corrected chi connectivity index (χ1v) is 11.8. The number of esters is 1. The summed E-state index contributed by atoms with van der Waals surface area (Å²) in [5.41, 5.74) is 2.44. The molecule has 0 aromatic heterocycles. The van der Waals surface area contributed by atoms with Gasteiger partial charge in [-0.25, -0.2) is 16.8 Å². The molecule has 2 aromatic carbocycles. The molecule has 0 heterocycles. The van der Waals surface area contributed by atoms with E-state index in [9.17, 15) is 21.6 Å². The van der Waals surface area contributed by atoms with E-state index in [2.05, 4.69) is 17.0 Å². The first-order valence-electron chi connectivity index (χ1n) is 8.81. The maximum Gasteiger partial charge on any atom is 0.324 e. The van der Waals surface area contributed by atoms with Crippen LogP contribution in [0.3, 0.4) is 0 Å². The summed E-state index contributed by atoms with van der Waals surface area (Å²) in [6, 6.07) is 15.4. The summed E-state index contributed by atoms with van der Waals surface area (Å²) in [4.78, 5) is 12.2. The van der Waals surface area contributed by atoms with Gasteiger partial charge in [0.2, 0.25) is 9.84 Å². The molecule has 0 aliphatic rings. The van der Waals surface area contributed by atoms with Crippen LogP contribution in [-0.4, -0.2) is 35.2 Å². The molecule has 0 saturated heterocycles. The lowest BCUT2D eigenvalue weighted by Gasteiger charge is -2.16. The Balaban J connectivity index is 2.20. The van der Waals surface area contributed by atoms with E-state index in [1.807, 2.05) is 0 Å². The Morgan fingerprint density at radius 3 is 1.97 bits per heavy atom. The molecule has 0 aliphatic carbocycles. The van der Waals surface area contributed by atoms with Crippen LogP contribution in [0.2, 0.25) is 0 Å². The van der Waals surface area contributed by atoms with E-state index >= 15 is 0 Å². The molecular weight excluding hydrogens is 412 g/mol. The third kappa shape index (κ3) is 5.23. The van der Waals surface area contributed by atoms with Gasteiger partial charge in [-0.15, -0.1) is 5.73 Å². The van der Waals surface area contributed by atoms with Gasteiger partial charge in [0.1, 0.15) is 0 Å². The molecule has 0 N–H and O–H groups in total. The number of allylic oxidation sites excluding steroid dienone is 1. The van der Waals surface area contributed by atoms with Gasteiger partial charge in [-0.2, -0.15) is 0 Å². The molecule has 2 rings (SSSR count). The number of ether oxygens (including phenoxy) is 1. The van der Waals surface area contributed by atoms with Crippen molar-refractivity contribution in [2.24, 2.45) is 0 Å². The molecule has 0 saturated carbocycles. The van der Waals surface area contributed by atoms with Crippen LogP contribution >= 0.6 is 0 Å². The van der Waals surface area contributed by atoms with Gasteiger partial charge >= 0.3 is 5.97 Å². The van der Waals surface area contributed by atoms with Crippen molar-refractivity contribution in [3.8, 4) is 0 Å². The van der Waals surface area contributed by atoms with E-state index in [4.69, 9.17) is 0 Å². The first-order chi connectivity index (χ1) is 13.7. The van der Waals surface area contributed by atoms with Gasteiger partial charge in [-0.3, -0.25) is 4.79 Å². The van der Waals surface area contributed by atoms with E-state index in [0.717, 1.165) is 7.11 Å². The number of methoxy groups -OCH3 is 1. The lowest BCUT2D eigenvalue weighted by atomic mass is 10.2. The summed E-state index contributed by atoms with van der Waals surface area (Å²) in [6.07, 6.45) is 0.0215. The highest BCUT2D eigenvalue weighted by molar-refractivity contribution is 7.95. The van der Waals surface area contributed by atoms with Crippen LogP contribution in [0, 0.1) is 0 Å². The summed E-state index contributed by atoms with van der Waals surface area (Å²) in [7, 11) is -6.64. The maximum absolute atomic E-state index is 12.8. The first kappa shape index (κ1) is 22.6. The van der Waals surface area contributed by atoms with Gasteiger partial charge in [0, 0.05) is 0 Å². The molecule has 0 spiro atoms. The number of rotatable bonds is 9. The van der Waals surface area contributed by atoms with Crippen molar-refractivity contribution in [1.82, 2.24) is 0 Å². The molecule has 0 bridgehead atoms. The lowest BCUT2D eigenvalue weighted by Crippen LogP contribution is -2.31. The second kappa shape index (κ2) is 9.69. The smallest absolute Gasteiger partial charge is 0.324 e. The van der Waals surface area contributed by atoms with Gasteiger partial charge in [0.15, 0.2) is 15.1 Å². The van der Waals surface area contributed by atoms with Gasteiger partial charge in [-0.05, 0) is 43.5 Å². The van der Waals surface area contributed by atoms with Crippen molar-refractivity contribution in [2.45, 2.75) is 34.3 Å². The Hall–Kier alpha value is -2.67. The van der Waals surface area contributed by atoms with Crippen molar-refractivity contribution < 1.29 is 26.4 Å². The molecule has 6 nitrogen and oxygen atoms in total. The van der Waals surface area contributed by atoms with Crippen LogP contribution < -0.4 is 0 Å². The van der Waals surface area contributed by atoms with E-state index in [-0.39, 0.29) is 34.0 Å². The Labute approximate surface area is 171 Å². The van der Waals surface area contributed by atoms with E-state index in [1.165, 1.54) is 24.3 Å². The van der Waals surface area contributed by atoms with Gasteiger partial charge in [0.05, 0.1) is 21.8 Å². The normalized spacial score (nSPS) is 12.6. The highest BCUT2D eigenvalue weighted by atomic mass is 32.2. The topological polar surface area (TPSA) is 94.6 Å². The number of benzene rings is 2. The second-order valence-electron chi connectivity index (χ2n) is 6.18. The van der Waals surface area contributed by atoms with E-state index in [0.29, 0.717) is 0 Å². The minimum Gasteiger partial charge on any atom is -0.468 e. The largest absolute Gasteiger partial charge is 0.468 e. The van der Waals surface area contributed by atoms with E-state index < -0.39 is 30.9 Å². The summed E-state index contributed by atoms with van der Waals surface area (Å²) in [5, 5.41) is -1.43. The number of sulfone groups is 2. The molecule has 0 aliphatic heterocycles. The number of hydrogen-bond donors (Lipinski definition) is 0. The van der Waals surface area contributed by atoms with Crippen LogP contribution in [0.1, 0.15) is 19.3 Å². The summed E-state index contributed by atoms with van der Waals surface area (Å²) < 4.78 is 55.8. The molecule has 0 amide bonds. The van der Waals surface area contributed by atoms with Gasteiger partial charge in [0.25, 0.3) is 0 Å². The summed E-state index contributed by atoms with van der Waals surface area (Å²) in [5.74, 6) is -0.885. The molecule has 8 heteroatoms. The quantitative estimate of drug-likeness (QED) is 0.444. The predicted molar refractivity (Wildman–Crippen MR) is 110 cm³/mol. The Kier molecular flexibility index (Phi) is 7.56. The lowest BCUT2D eigenvalue weighted by molar-refractivity contribution is -0.140. The monoisotopic (exact) mass is 434 g/mol. The fourth-order valence-electron chi connectivity index (χ4n) is 2.81. The van der Waals surface area contributed by atoms with Crippen LogP contribution in [-0.2, 0) is 29.2 Å². The SMILES string of the molecule is C=C=C(CCCC(C(=O)OC)S(=O)(=O)c1ccccc1)S(=O)(=O)c1ccccc1. The van der Waals surface area contributed by atoms with Crippen molar-refractivity contribution in [3.05, 3.63) is 77.9 Å². The second-order valence-corrected chi connectivity index (χ2v) is 10.3. The maximum atomic E-state index is 12.8. The van der Waals surface area contributed by atoms with Crippen molar-refractivity contribution in [3.63, 3.8) is 0 Å². The van der Waals surface area contributed by atoms with Crippen LogP contribution in [0.15, 0.2) is 87.7 Å². The molecular formula is C21H22O6S2. The minimum atomic E-state index is -3.97. The average molecular weight is 435 g/mol. The van der Waals surface area contributed by atoms with Gasteiger partial charge in [-0.1, -0.05) is 43.0 Å². The number of hydrogen-bond acceptors (Lipinski definition) is 6. The molecule has 1 unspecified atom stereocenters. The van der Waals surface area contributed by atoms with Crippen molar-refractivity contribution in [2.75, 3.05) is 7.11 Å². The third-order valence-corrected chi connectivity index (χ3v) is 8.35. The molecule has 1 atom stereocenters. The fraction of sp³-hybridized carbons (Fsp3) is 0.238. The predicted octanol–water partition coefficient (Wildman–Crippen LogP) is 3.31. The molecule has 154 valence electrons. The Bertz CT molecular complexity index is 1100. The Morgan fingerprint density at radius 2 is 1.48 bits per heavy atom. The van der Waals surface area contributed by atoms with E-state index in [1.54, 1.807) is 36.4 Å². The molecule has 29 heavy (non-hydrogen) atoms. The number of carbonyl (C=O) groups excluding carboxylic acids is 1. The average Bonchev–Trinajstić information content (AvgIpc) is 2.74. The minimum absolute atomic E-state index is 0.00146. The standard InChI is InChI=1S/C21H22O6S2/c1-3-17(28(23,24)18-11-6-4-7-12-18)15-10-16-20(21(22)27-2)29(25,26)19-13-8-5-9-14-19/h4-9,11-14,20H,1,10,15-16H2,2H3. The molecule has 0 fully saturated rings. The van der Waals surface area contributed by atoms with Crippen LogP contribution in [0.25, 0.3) is 0 Å². The highest BCUT2D eigenvalue weighted by Crippen LogP contribution is 2.26.